The van der Waals surface area contributed by atoms with E-state index in [1.807, 2.05) is 0 Å². The molecule has 2 aromatic carbocycles. The Kier molecular flexibility index (Phi) is 4.30. The second kappa shape index (κ2) is 6.55. The van der Waals surface area contributed by atoms with Gasteiger partial charge in [0, 0.05) is 11.3 Å². The molecule has 8 heteroatoms. The Balaban J connectivity index is 1.65. The standard InChI is InChI=1S/C16H12N2O5S/c19-14(9-4-5-12-13(7-9)23-8-22-12)18-16(24)17-11-3-1-2-10(6-11)15(20)21/h1-7H,8H2,(H,20,21)(H2,17,18,19,24). The third kappa shape index (κ3) is 3.44. The largest absolute Gasteiger partial charge is 0.478 e. The zero-order valence-corrected chi connectivity index (χ0v) is 13.1. The molecule has 122 valence electrons. The monoisotopic (exact) mass is 344 g/mol. The first-order valence-corrected chi connectivity index (χ1v) is 7.29. The molecule has 1 amide bonds. The number of ether oxygens (including phenoxy) is 2. The van der Waals surface area contributed by atoms with Gasteiger partial charge in [-0.2, -0.15) is 0 Å². The number of carboxylic acid groups (broad SMARTS) is 1. The topological polar surface area (TPSA) is 96.9 Å². The van der Waals surface area contributed by atoms with E-state index in [-0.39, 0.29) is 17.5 Å². The van der Waals surface area contributed by atoms with Crippen molar-refractivity contribution < 1.29 is 24.2 Å². The fourth-order valence-electron chi connectivity index (χ4n) is 2.11. The number of carboxylic acids is 1. The Morgan fingerprint density at radius 2 is 1.83 bits per heavy atom. The predicted octanol–water partition coefficient (Wildman–Crippen LogP) is 2.24. The molecule has 2 aromatic rings. The summed E-state index contributed by atoms with van der Waals surface area (Å²) in [5.74, 6) is -0.387. The molecule has 7 nitrogen and oxygen atoms in total. The summed E-state index contributed by atoms with van der Waals surface area (Å²) in [5.41, 5.74) is 0.943. The second-order valence-electron chi connectivity index (χ2n) is 4.86. The van der Waals surface area contributed by atoms with Crippen LogP contribution in [0.25, 0.3) is 0 Å². The molecule has 1 aliphatic rings. The minimum absolute atomic E-state index is 0.0557. The van der Waals surface area contributed by atoms with Crippen molar-refractivity contribution in [2.24, 2.45) is 0 Å². The van der Waals surface area contributed by atoms with E-state index in [2.05, 4.69) is 10.6 Å². The summed E-state index contributed by atoms with van der Waals surface area (Å²) in [7, 11) is 0. The minimum Gasteiger partial charge on any atom is -0.478 e. The Morgan fingerprint density at radius 3 is 2.62 bits per heavy atom. The van der Waals surface area contributed by atoms with Crippen LogP contribution in [-0.4, -0.2) is 28.9 Å². The van der Waals surface area contributed by atoms with Crippen LogP contribution in [0.5, 0.6) is 11.5 Å². The maximum absolute atomic E-state index is 12.2. The second-order valence-corrected chi connectivity index (χ2v) is 5.27. The number of aromatic carboxylic acids is 1. The molecule has 0 unspecified atom stereocenters. The van der Waals surface area contributed by atoms with Crippen molar-refractivity contribution in [1.29, 1.82) is 0 Å². The molecular weight excluding hydrogens is 332 g/mol. The molecule has 3 rings (SSSR count). The lowest BCUT2D eigenvalue weighted by atomic mass is 10.2. The predicted molar refractivity (Wildman–Crippen MR) is 89.7 cm³/mol. The van der Waals surface area contributed by atoms with E-state index in [0.717, 1.165) is 0 Å². The fraction of sp³-hybridized carbons (Fsp3) is 0.0625. The van der Waals surface area contributed by atoms with Crippen LogP contribution in [0, 0.1) is 0 Å². The van der Waals surface area contributed by atoms with Gasteiger partial charge >= 0.3 is 5.97 Å². The smallest absolute Gasteiger partial charge is 0.335 e. The number of rotatable bonds is 3. The van der Waals surface area contributed by atoms with Gasteiger partial charge in [-0.25, -0.2) is 4.79 Å². The van der Waals surface area contributed by atoms with Gasteiger partial charge in [0.1, 0.15) is 0 Å². The number of nitrogens with one attached hydrogen (secondary N) is 2. The van der Waals surface area contributed by atoms with Gasteiger partial charge in [0.25, 0.3) is 5.91 Å². The summed E-state index contributed by atoms with van der Waals surface area (Å²) in [6.07, 6.45) is 0. The third-order valence-electron chi connectivity index (χ3n) is 3.23. The molecule has 0 aliphatic carbocycles. The molecule has 0 fully saturated rings. The van der Waals surface area contributed by atoms with Crippen molar-refractivity contribution in [3.05, 3.63) is 53.6 Å². The van der Waals surface area contributed by atoms with Crippen molar-refractivity contribution in [2.75, 3.05) is 12.1 Å². The van der Waals surface area contributed by atoms with Gasteiger partial charge in [-0.1, -0.05) is 6.07 Å². The highest BCUT2D eigenvalue weighted by Crippen LogP contribution is 2.32. The summed E-state index contributed by atoms with van der Waals surface area (Å²) in [6.45, 7) is 0.125. The first-order valence-electron chi connectivity index (χ1n) is 6.88. The lowest BCUT2D eigenvalue weighted by Gasteiger charge is -2.10. The van der Waals surface area contributed by atoms with Crippen LogP contribution >= 0.6 is 12.2 Å². The van der Waals surface area contributed by atoms with Gasteiger partial charge in [-0.05, 0) is 48.6 Å². The molecule has 1 aliphatic heterocycles. The van der Waals surface area contributed by atoms with E-state index >= 15 is 0 Å². The van der Waals surface area contributed by atoms with Crippen LogP contribution in [0.3, 0.4) is 0 Å². The fourth-order valence-corrected chi connectivity index (χ4v) is 2.32. The number of anilines is 1. The zero-order valence-electron chi connectivity index (χ0n) is 12.2. The maximum atomic E-state index is 12.2. The molecular formula is C16H12N2O5S. The van der Waals surface area contributed by atoms with Gasteiger partial charge < -0.3 is 19.9 Å². The average Bonchev–Trinajstić information content (AvgIpc) is 3.02. The Morgan fingerprint density at radius 1 is 1.04 bits per heavy atom. The summed E-state index contributed by atoms with van der Waals surface area (Å²) in [5, 5.41) is 14.3. The minimum atomic E-state index is -1.05. The Labute approximate surface area is 142 Å². The summed E-state index contributed by atoms with van der Waals surface area (Å²) >= 11 is 5.07. The molecule has 0 spiro atoms. The summed E-state index contributed by atoms with van der Waals surface area (Å²) in [6, 6.07) is 10.9. The van der Waals surface area contributed by atoms with Crippen LogP contribution < -0.4 is 20.1 Å². The van der Waals surface area contributed by atoms with E-state index in [0.29, 0.717) is 22.7 Å². The molecule has 0 saturated carbocycles. The number of amides is 1. The highest BCUT2D eigenvalue weighted by atomic mass is 32.1. The molecule has 0 radical (unpaired) electrons. The average molecular weight is 344 g/mol. The molecule has 1 heterocycles. The van der Waals surface area contributed by atoms with Crippen molar-refractivity contribution in [1.82, 2.24) is 5.32 Å². The number of hydrogen-bond acceptors (Lipinski definition) is 5. The van der Waals surface area contributed by atoms with E-state index in [1.165, 1.54) is 12.1 Å². The summed E-state index contributed by atoms with van der Waals surface area (Å²) in [4.78, 5) is 23.1. The maximum Gasteiger partial charge on any atom is 0.335 e. The molecule has 0 bridgehead atoms. The van der Waals surface area contributed by atoms with Crippen molar-refractivity contribution in [3.63, 3.8) is 0 Å². The summed E-state index contributed by atoms with van der Waals surface area (Å²) < 4.78 is 10.4. The van der Waals surface area contributed by atoms with E-state index in [4.69, 9.17) is 26.8 Å². The normalized spacial score (nSPS) is 11.7. The van der Waals surface area contributed by atoms with Crippen LogP contribution in [0.4, 0.5) is 5.69 Å². The number of thiocarbonyl (C=S) groups is 1. The van der Waals surface area contributed by atoms with Gasteiger partial charge in [-0.15, -0.1) is 0 Å². The molecule has 3 N–H and O–H groups in total. The molecule has 0 saturated heterocycles. The van der Waals surface area contributed by atoms with Crippen molar-refractivity contribution in [3.8, 4) is 11.5 Å². The van der Waals surface area contributed by atoms with Crippen molar-refractivity contribution >= 4 is 34.9 Å². The van der Waals surface area contributed by atoms with E-state index in [9.17, 15) is 9.59 Å². The zero-order chi connectivity index (χ0) is 17.1. The van der Waals surface area contributed by atoms with Gasteiger partial charge in [0.15, 0.2) is 16.6 Å². The number of benzene rings is 2. The van der Waals surface area contributed by atoms with Crippen LogP contribution in [0.2, 0.25) is 0 Å². The highest BCUT2D eigenvalue weighted by molar-refractivity contribution is 7.80. The Hall–Kier alpha value is -3.13. The highest BCUT2D eigenvalue weighted by Gasteiger charge is 2.16. The van der Waals surface area contributed by atoms with Crippen LogP contribution in [-0.2, 0) is 0 Å². The molecule has 0 atom stereocenters. The first-order chi connectivity index (χ1) is 11.5. The van der Waals surface area contributed by atoms with Crippen LogP contribution in [0.15, 0.2) is 42.5 Å². The van der Waals surface area contributed by atoms with Gasteiger partial charge in [0.2, 0.25) is 6.79 Å². The van der Waals surface area contributed by atoms with Crippen LogP contribution in [0.1, 0.15) is 20.7 Å². The quantitative estimate of drug-likeness (QED) is 0.735. The van der Waals surface area contributed by atoms with E-state index in [1.54, 1.807) is 30.3 Å². The Bertz CT molecular complexity index is 837. The number of carbonyl (C=O) groups excluding carboxylic acids is 1. The molecule has 0 aromatic heterocycles. The third-order valence-corrected chi connectivity index (χ3v) is 3.43. The van der Waals surface area contributed by atoms with Gasteiger partial charge in [-0.3, -0.25) is 10.1 Å². The lowest BCUT2D eigenvalue weighted by Crippen LogP contribution is -2.34. The first kappa shape index (κ1) is 15.8. The van der Waals surface area contributed by atoms with Crippen molar-refractivity contribution in [2.45, 2.75) is 0 Å². The molecule has 24 heavy (non-hydrogen) atoms. The van der Waals surface area contributed by atoms with Gasteiger partial charge in [0.05, 0.1) is 5.56 Å². The number of fused-ring (bicyclic) bond motifs is 1. The number of carbonyl (C=O) groups is 2. The SMILES string of the molecule is O=C(O)c1cccc(NC(=S)NC(=O)c2ccc3c(c2)OCO3)c1. The lowest BCUT2D eigenvalue weighted by molar-refractivity contribution is 0.0696. The number of hydrogen-bond donors (Lipinski definition) is 3. The van der Waals surface area contributed by atoms with E-state index < -0.39 is 11.9 Å².